The molecule has 8 heteroatoms. The molecule has 0 spiro atoms. The van der Waals surface area contributed by atoms with Gasteiger partial charge in [-0.2, -0.15) is 15.0 Å². The normalized spacial score (nSPS) is 26.8. The van der Waals surface area contributed by atoms with Gasteiger partial charge in [0.2, 0.25) is 17.2 Å². The van der Waals surface area contributed by atoms with Crippen LogP contribution in [-0.2, 0) is 9.47 Å². The van der Waals surface area contributed by atoms with Gasteiger partial charge in [0.1, 0.15) is 0 Å². The number of rotatable bonds is 3. The Morgan fingerprint density at radius 3 is 2.65 bits per heavy atom. The smallest absolute Gasteiger partial charge is 0.231 e. The zero-order valence-electron chi connectivity index (χ0n) is 11.4. The molecule has 1 atom stereocenters. The van der Waals surface area contributed by atoms with E-state index in [1.807, 2.05) is 0 Å². The van der Waals surface area contributed by atoms with Gasteiger partial charge in [-0.05, 0) is 24.9 Å². The van der Waals surface area contributed by atoms with E-state index in [2.05, 4.69) is 32.1 Å². The van der Waals surface area contributed by atoms with Crippen molar-refractivity contribution in [3.05, 3.63) is 5.28 Å². The Labute approximate surface area is 122 Å². The minimum atomic E-state index is -0.146. The summed E-state index contributed by atoms with van der Waals surface area (Å²) in [4.78, 5) is 14.9. The highest BCUT2D eigenvalue weighted by atomic mass is 35.5. The average Bonchev–Trinajstić information content (AvgIpc) is 2.85. The molecule has 20 heavy (non-hydrogen) atoms. The number of ether oxygens (including phenoxy) is 2. The summed E-state index contributed by atoms with van der Waals surface area (Å²) < 4.78 is 10.7. The fraction of sp³-hybridized carbons (Fsp3) is 0.750. The minimum absolute atomic E-state index is 0.146. The van der Waals surface area contributed by atoms with Gasteiger partial charge in [-0.25, -0.2) is 0 Å². The fourth-order valence-electron chi connectivity index (χ4n) is 2.34. The predicted octanol–water partition coefficient (Wildman–Crippen LogP) is 0.952. The molecule has 2 fully saturated rings. The van der Waals surface area contributed by atoms with Gasteiger partial charge in [0, 0.05) is 19.7 Å². The van der Waals surface area contributed by atoms with Crippen LogP contribution < -0.4 is 10.2 Å². The molecule has 0 saturated carbocycles. The lowest BCUT2D eigenvalue weighted by molar-refractivity contribution is 0.122. The van der Waals surface area contributed by atoms with Crippen LogP contribution in [-0.4, -0.2) is 60.0 Å². The van der Waals surface area contributed by atoms with Gasteiger partial charge in [0.25, 0.3) is 0 Å². The molecule has 1 N–H and O–H groups in total. The molecule has 0 radical (unpaired) electrons. The van der Waals surface area contributed by atoms with Crippen LogP contribution >= 0.6 is 11.6 Å². The zero-order valence-corrected chi connectivity index (χ0v) is 12.2. The van der Waals surface area contributed by atoms with Crippen molar-refractivity contribution in [1.82, 2.24) is 15.0 Å². The van der Waals surface area contributed by atoms with Crippen LogP contribution in [0, 0.1) is 0 Å². The lowest BCUT2D eigenvalue weighted by Crippen LogP contribution is -2.39. The Hall–Kier alpha value is -1.18. The van der Waals surface area contributed by atoms with Crippen molar-refractivity contribution in [2.24, 2.45) is 0 Å². The third kappa shape index (κ3) is 3.11. The van der Waals surface area contributed by atoms with Gasteiger partial charge in [-0.1, -0.05) is 0 Å². The van der Waals surface area contributed by atoms with E-state index in [1.165, 1.54) is 0 Å². The maximum atomic E-state index is 6.01. The quantitative estimate of drug-likeness (QED) is 0.891. The van der Waals surface area contributed by atoms with E-state index in [0.29, 0.717) is 31.7 Å². The topological polar surface area (TPSA) is 72.4 Å². The summed E-state index contributed by atoms with van der Waals surface area (Å²) in [5.41, 5.74) is -0.146. The lowest BCUT2D eigenvalue weighted by atomic mass is 10.0. The molecule has 3 heterocycles. The summed E-state index contributed by atoms with van der Waals surface area (Å²) in [7, 11) is 0. The molecule has 2 aliphatic rings. The van der Waals surface area contributed by atoms with Gasteiger partial charge in [-0.15, -0.1) is 0 Å². The summed E-state index contributed by atoms with van der Waals surface area (Å²) in [6.45, 7) is 6.36. The molecule has 0 amide bonds. The molecule has 1 unspecified atom stereocenters. The Kier molecular flexibility index (Phi) is 3.91. The second-order valence-corrected chi connectivity index (χ2v) is 5.65. The molecule has 1 aromatic rings. The SMILES string of the molecule is CC1(Nc2nc(Cl)nc(N3CCOCC3)n2)CCOC1. The average molecular weight is 300 g/mol. The van der Waals surface area contributed by atoms with Crippen molar-refractivity contribution < 1.29 is 9.47 Å². The third-order valence-corrected chi connectivity index (χ3v) is 3.69. The predicted molar refractivity (Wildman–Crippen MR) is 75.3 cm³/mol. The van der Waals surface area contributed by atoms with E-state index < -0.39 is 0 Å². The number of hydrogen-bond acceptors (Lipinski definition) is 7. The van der Waals surface area contributed by atoms with E-state index in [-0.39, 0.29) is 10.8 Å². The van der Waals surface area contributed by atoms with Crippen LogP contribution in [0.25, 0.3) is 0 Å². The summed E-state index contributed by atoms with van der Waals surface area (Å²) >= 11 is 6.01. The molecule has 2 aliphatic heterocycles. The highest BCUT2D eigenvalue weighted by Gasteiger charge is 2.30. The Morgan fingerprint density at radius 1 is 1.15 bits per heavy atom. The van der Waals surface area contributed by atoms with E-state index in [9.17, 15) is 0 Å². The lowest BCUT2D eigenvalue weighted by Gasteiger charge is -2.28. The van der Waals surface area contributed by atoms with Crippen LogP contribution in [0.4, 0.5) is 11.9 Å². The van der Waals surface area contributed by atoms with Gasteiger partial charge in [0.05, 0.1) is 25.4 Å². The van der Waals surface area contributed by atoms with Crippen molar-refractivity contribution in [2.75, 3.05) is 49.7 Å². The molecular formula is C12H18ClN5O2. The van der Waals surface area contributed by atoms with Crippen molar-refractivity contribution in [3.8, 4) is 0 Å². The molecule has 0 aromatic carbocycles. The minimum Gasteiger partial charge on any atom is -0.379 e. The van der Waals surface area contributed by atoms with Gasteiger partial charge in [0.15, 0.2) is 0 Å². The van der Waals surface area contributed by atoms with E-state index in [0.717, 1.165) is 26.1 Å². The van der Waals surface area contributed by atoms with Gasteiger partial charge < -0.3 is 19.7 Å². The molecule has 2 saturated heterocycles. The molecule has 1 aromatic heterocycles. The van der Waals surface area contributed by atoms with Crippen molar-refractivity contribution >= 4 is 23.5 Å². The number of hydrogen-bond donors (Lipinski definition) is 1. The first-order valence-corrected chi connectivity index (χ1v) is 7.13. The summed E-state index contributed by atoms with van der Waals surface area (Å²) in [6.07, 6.45) is 0.920. The van der Waals surface area contributed by atoms with Crippen molar-refractivity contribution in [1.29, 1.82) is 0 Å². The fourth-order valence-corrected chi connectivity index (χ4v) is 2.49. The van der Waals surface area contributed by atoms with E-state index in [1.54, 1.807) is 0 Å². The maximum Gasteiger partial charge on any atom is 0.231 e. The first kappa shape index (κ1) is 13.8. The maximum absolute atomic E-state index is 6.01. The van der Waals surface area contributed by atoms with Gasteiger partial charge >= 0.3 is 0 Å². The number of morpholine rings is 1. The highest BCUT2D eigenvalue weighted by molar-refractivity contribution is 6.28. The monoisotopic (exact) mass is 299 g/mol. The Bertz CT molecular complexity index is 475. The van der Waals surface area contributed by atoms with Gasteiger partial charge in [-0.3, -0.25) is 0 Å². The molecule has 7 nitrogen and oxygen atoms in total. The van der Waals surface area contributed by atoms with Crippen LogP contribution in [0.2, 0.25) is 5.28 Å². The third-order valence-electron chi connectivity index (χ3n) is 3.52. The number of halogens is 1. The molecule has 0 bridgehead atoms. The summed E-state index contributed by atoms with van der Waals surface area (Å²) in [5.74, 6) is 1.10. The number of nitrogens with one attached hydrogen (secondary N) is 1. The van der Waals surface area contributed by atoms with Crippen molar-refractivity contribution in [3.63, 3.8) is 0 Å². The van der Waals surface area contributed by atoms with Crippen LogP contribution in [0.5, 0.6) is 0 Å². The second-order valence-electron chi connectivity index (χ2n) is 5.32. The first-order chi connectivity index (χ1) is 9.65. The molecule has 110 valence electrons. The number of anilines is 2. The standard InChI is InChI=1S/C12H18ClN5O2/c1-12(2-5-20-8-12)17-10-14-9(13)15-11(16-10)18-3-6-19-7-4-18/h2-8H2,1H3,(H,14,15,16,17). The van der Waals surface area contributed by atoms with Crippen molar-refractivity contribution in [2.45, 2.75) is 18.9 Å². The second kappa shape index (κ2) is 5.67. The molecule has 0 aliphatic carbocycles. The molecule has 3 rings (SSSR count). The Balaban J connectivity index is 1.78. The summed E-state index contributed by atoms with van der Waals surface area (Å²) in [5, 5.41) is 3.51. The van der Waals surface area contributed by atoms with Crippen LogP contribution in [0.3, 0.4) is 0 Å². The van der Waals surface area contributed by atoms with E-state index in [4.69, 9.17) is 21.1 Å². The van der Waals surface area contributed by atoms with E-state index >= 15 is 0 Å². The zero-order chi connectivity index (χ0) is 14.0. The number of nitrogens with zero attached hydrogens (tertiary/aromatic N) is 4. The number of aromatic nitrogens is 3. The summed E-state index contributed by atoms with van der Waals surface area (Å²) in [6, 6.07) is 0. The molecular weight excluding hydrogens is 282 g/mol. The first-order valence-electron chi connectivity index (χ1n) is 6.75. The van der Waals surface area contributed by atoms with Crippen LogP contribution in [0.15, 0.2) is 0 Å². The van der Waals surface area contributed by atoms with Crippen LogP contribution in [0.1, 0.15) is 13.3 Å². The highest BCUT2D eigenvalue weighted by Crippen LogP contribution is 2.23. The largest absolute Gasteiger partial charge is 0.379 e. The Morgan fingerprint density at radius 2 is 1.95 bits per heavy atom.